The zero-order valence-corrected chi connectivity index (χ0v) is 12.9. The molecule has 2 rings (SSSR count). The Morgan fingerprint density at radius 2 is 1.90 bits per heavy atom. The molecule has 114 valence electrons. The topological polar surface area (TPSA) is 28.4 Å². The molecule has 3 nitrogen and oxygen atoms in total. The van der Waals surface area contributed by atoms with Gasteiger partial charge < -0.3 is 14.6 Å². The number of anilines is 1. The molecule has 0 spiro atoms. The van der Waals surface area contributed by atoms with Crippen LogP contribution in [-0.4, -0.2) is 13.1 Å². The molecule has 1 aromatic heterocycles. The van der Waals surface area contributed by atoms with Crippen molar-refractivity contribution in [3.05, 3.63) is 53.2 Å². The molecule has 0 radical (unpaired) electrons. The molecule has 0 aliphatic rings. The van der Waals surface area contributed by atoms with Gasteiger partial charge >= 0.3 is 0 Å². The Kier molecular flexibility index (Phi) is 5.39. The second kappa shape index (κ2) is 7.27. The molecule has 1 N–H and O–H groups in total. The molecule has 0 aliphatic heterocycles. The van der Waals surface area contributed by atoms with Crippen molar-refractivity contribution in [2.45, 2.75) is 33.9 Å². The molecular weight excluding hydrogens is 267 g/mol. The molecule has 0 saturated carbocycles. The van der Waals surface area contributed by atoms with Gasteiger partial charge in [-0.1, -0.05) is 6.92 Å². The van der Waals surface area contributed by atoms with Gasteiger partial charge in [-0.2, -0.15) is 0 Å². The monoisotopic (exact) mass is 290 g/mol. The maximum atomic E-state index is 13.0. The van der Waals surface area contributed by atoms with E-state index in [1.807, 2.05) is 6.92 Å². The summed E-state index contributed by atoms with van der Waals surface area (Å²) in [5.41, 5.74) is 2.20. The Morgan fingerprint density at radius 3 is 2.52 bits per heavy atom. The first-order valence-corrected chi connectivity index (χ1v) is 7.43. The van der Waals surface area contributed by atoms with E-state index in [1.165, 1.54) is 17.7 Å². The van der Waals surface area contributed by atoms with Crippen molar-refractivity contribution < 1.29 is 8.81 Å². The summed E-state index contributed by atoms with van der Waals surface area (Å²) in [5, 5.41) is 3.31. The molecule has 1 aromatic carbocycles. The summed E-state index contributed by atoms with van der Waals surface area (Å²) in [6, 6.07) is 8.68. The van der Waals surface area contributed by atoms with E-state index >= 15 is 0 Å². The van der Waals surface area contributed by atoms with Crippen LogP contribution >= 0.6 is 0 Å². The van der Waals surface area contributed by atoms with Crippen LogP contribution in [0, 0.1) is 12.7 Å². The van der Waals surface area contributed by atoms with Crippen LogP contribution in [0.3, 0.4) is 0 Å². The van der Waals surface area contributed by atoms with Crippen LogP contribution in [0.15, 0.2) is 34.7 Å². The van der Waals surface area contributed by atoms with E-state index in [0.717, 1.165) is 36.8 Å². The summed E-state index contributed by atoms with van der Waals surface area (Å²) in [6.45, 7) is 9.46. The largest absolute Gasteiger partial charge is 0.464 e. The zero-order valence-electron chi connectivity index (χ0n) is 12.9. The summed E-state index contributed by atoms with van der Waals surface area (Å²) < 4.78 is 18.8. The predicted molar refractivity (Wildman–Crippen MR) is 83.9 cm³/mol. The van der Waals surface area contributed by atoms with Gasteiger partial charge in [0.15, 0.2) is 0 Å². The molecular formula is C17H23FN2O. The molecule has 0 saturated heterocycles. The average molecular weight is 290 g/mol. The molecule has 1 heterocycles. The smallest absolute Gasteiger partial charge is 0.123 e. The van der Waals surface area contributed by atoms with E-state index in [4.69, 9.17) is 4.42 Å². The molecule has 2 aromatic rings. The summed E-state index contributed by atoms with van der Waals surface area (Å²) >= 11 is 0. The summed E-state index contributed by atoms with van der Waals surface area (Å²) in [6.07, 6.45) is 0. The number of benzene rings is 1. The van der Waals surface area contributed by atoms with E-state index in [1.54, 1.807) is 12.1 Å². The van der Waals surface area contributed by atoms with Crippen LogP contribution in [-0.2, 0) is 13.1 Å². The van der Waals surface area contributed by atoms with Gasteiger partial charge in [-0.15, -0.1) is 0 Å². The van der Waals surface area contributed by atoms with Gasteiger partial charge in [-0.25, -0.2) is 4.39 Å². The molecule has 0 bridgehead atoms. The Balaban J connectivity index is 2.09. The lowest BCUT2D eigenvalue weighted by molar-refractivity contribution is 0.475. The normalized spacial score (nSPS) is 10.9. The Bertz CT molecular complexity index is 563. The predicted octanol–water partition coefficient (Wildman–Crippen LogP) is 3.86. The number of furan rings is 1. The fraction of sp³-hybridized carbons (Fsp3) is 0.412. The maximum Gasteiger partial charge on any atom is 0.123 e. The third kappa shape index (κ3) is 4.08. The second-order valence-corrected chi connectivity index (χ2v) is 5.07. The fourth-order valence-corrected chi connectivity index (χ4v) is 2.33. The third-order valence-electron chi connectivity index (χ3n) is 3.56. The molecule has 0 unspecified atom stereocenters. The number of nitrogens with zero attached hydrogens (tertiary/aromatic N) is 1. The van der Waals surface area contributed by atoms with Crippen molar-refractivity contribution in [2.24, 2.45) is 0 Å². The van der Waals surface area contributed by atoms with Crippen LogP contribution < -0.4 is 10.2 Å². The van der Waals surface area contributed by atoms with Crippen molar-refractivity contribution >= 4 is 5.69 Å². The lowest BCUT2D eigenvalue weighted by Crippen LogP contribution is -2.21. The van der Waals surface area contributed by atoms with Gasteiger partial charge in [0, 0.05) is 24.3 Å². The standard InChI is InChI=1S/C17H23FN2O/c1-4-19-11-14-10-17(21-13(14)3)12-20(5-2)16-8-6-15(18)7-9-16/h6-10,19H,4-5,11-12H2,1-3H3. The zero-order chi connectivity index (χ0) is 15.2. The lowest BCUT2D eigenvalue weighted by atomic mass is 10.2. The first-order valence-electron chi connectivity index (χ1n) is 7.43. The van der Waals surface area contributed by atoms with Crippen LogP contribution in [0.5, 0.6) is 0 Å². The maximum absolute atomic E-state index is 13.0. The van der Waals surface area contributed by atoms with Crippen molar-refractivity contribution in [3.8, 4) is 0 Å². The SMILES string of the molecule is CCNCc1cc(CN(CC)c2ccc(F)cc2)oc1C. The number of aryl methyl sites for hydroxylation is 1. The quantitative estimate of drug-likeness (QED) is 0.839. The lowest BCUT2D eigenvalue weighted by Gasteiger charge is -2.21. The molecule has 0 fully saturated rings. The third-order valence-corrected chi connectivity index (χ3v) is 3.56. The summed E-state index contributed by atoms with van der Waals surface area (Å²) in [4.78, 5) is 2.16. The minimum atomic E-state index is -0.212. The summed E-state index contributed by atoms with van der Waals surface area (Å²) in [7, 11) is 0. The number of halogens is 1. The van der Waals surface area contributed by atoms with Gasteiger partial charge in [0.05, 0.1) is 6.54 Å². The van der Waals surface area contributed by atoms with Crippen molar-refractivity contribution in [2.75, 3.05) is 18.0 Å². The molecule has 0 amide bonds. The number of hydrogen-bond donors (Lipinski definition) is 1. The van der Waals surface area contributed by atoms with Gasteiger partial charge in [0.2, 0.25) is 0 Å². The Labute approximate surface area is 125 Å². The van der Waals surface area contributed by atoms with Gasteiger partial charge in [-0.3, -0.25) is 0 Å². The number of hydrogen-bond acceptors (Lipinski definition) is 3. The van der Waals surface area contributed by atoms with Crippen LogP contribution in [0.1, 0.15) is 30.9 Å². The van der Waals surface area contributed by atoms with E-state index in [2.05, 4.69) is 30.1 Å². The number of rotatable bonds is 7. The Morgan fingerprint density at radius 1 is 1.19 bits per heavy atom. The van der Waals surface area contributed by atoms with Gasteiger partial charge in [0.25, 0.3) is 0 Å². The van der Waals surface area contributed by atoms with Crippen molar-refractivity contribution in [1.82, 2.24) is 5.32 Å². The minimum absolute atomic E-state index is 0.212. The average Bonchev–Trinajstić information content (AvgIpc) is 2.83. The van der Waals surface area contributed by atoms with Crippen LogP contribution in [0.25, 0.3) is 0 Å². The van der Waals surface area contributed by atoms with Crippen LogP contribution in [0.2, 0.25) is 0 Å². The molecule has 21 heavy (non-hydrogen) atoms. The highest BCUT2D eigenvalue weighted by Gasteiger charge is 2.11. The second-order valence-electron chi connectivity index (χ2n) is 5.07. The van der Waals surface area contributed by atoms with E-state index in [0.29, 0.717) is 6.54 Å². The first-order chi connectivity index (χ1) is 10.1. The Hall–Kier alpha value is -1.81. The van der Waals surface area contributed by atoms with Gasteiger partial charge in [-0.05, 0) is 50.7 Å². The highest BCUT2D eigenvalue weighted by molar-refractivity contribution is 5.46. The number of nitrogens with one attached hydrogen (secondary N) is 1. The molecule has 0 aliphatic carbocycles. The van der Waals surface area contributed by atoms with Crippen molar-refractivity contribution in [1.29, 1.82) is 0 Å². The first kappa shape index (κ1) is 15.6. The fourth-order valence-electron chi connectivity index (χ4n) is 2.33. The van der Waals surface area contributed by atoms with E-state index < -0.39 is 0 Å². The highest BCUT2D eigenvalue weighted by atomic mass is 19.1. The van der Waals surface area contributed by atoms with Gasteiger partial charge in [0.1, 0.15) is 17.3 Å². The van der Waals surface area contributed by atoms with Crippen LogP contribution in [0.4, 0.5) is 10.1 Å². The van der Waals surface area contributed by atoms with E-state index in [-0.39, 0.29) is 5.82 Å². The van der Waals surface area contributed by atoms with E-state index in [9.17, 15) is 4.39 Å². The van der Waals surface area contributed by atoms with Crippen molar-refractivity contribution in [3.63, 3.8) is 0 Å². The summed E-state index contributed by atoms with van der Waals surface area (Å²) in [5.74, 6) is 1.68. The molecule has 4 heteroatoms. The molecule has 0 atom stereocenters. The minimum Gasteiger partial charge on any atom is -0.464 e. The highest BCUT2D eigenvalue weighted by Crippen LogP contribution is 2.21.